The molecule has 19 heavy (non-hydrogen) atoms. The zero-order chi connectivity index (χ0) is 14.5. The molecule has 1 rings (SSSR count). The number of rotatable bonds is 7. The minimum Gasteiger partial charge on any atom is -0.354 e. The standard InChI is InChI=1S/C10H16N2O5S2/c1-19(16,17)6-2-3-8(13)11-4-5-12-9(14)7-18-10(12)15/h2-7H2,1H3,(H,11,13). The second-order valence-electron chi connectivity index (χ2n) is 4.18. The van der Waals surface area contributed by atoms with Gasteiger partial charge in [-0.3, -0.25) is 19.3 Å². The molecule has 1 saturated heterocycles. The van der Waals surface area contributed by atoms with E-state index in [1.807, 2.05) is 0 Å². The Morgan fingerprint density at radius 3 is 2.63 bits per heavy atom. The zero-order valence-corrected chi connectivity index (χ0v) is 12.2. The summed E-state index contributed by atoms with van der Waals surface area (Å²) in [5.74, 6) is -0.405. The monoisotopic (exact) mass is 308 g/mol. The molecule has 0 saturated carbocycles. The lowest BCUT2D eigenvalue weighted by atomic mass is 10.3. The summed E-state index contributed by atoms with van der Waals surface area (Å²) in [5, 5.41) is 2.25. The van der Waals surface area contributed by atoms with Crippen molar-refractivity contribution in [3.63, 3.8) is 0 Å². The van der Waals surface area contributed by atoms with Crippen LogP contribution < -0.4 is 5.32 Å². The minimum atomic E-state index is -3.05. The molecule has 0 aromatic heterocycles. The van der Waals surface area contributed by atoms with Crippen molar-refractivity contribution >= 4 is 38.7 Å². The van der Waals surface area contributed by atoms with Gasteiger partial charge in [-0.25, -0.2) is 8.42 Å². The van der Waals surface area contributed by atoms with Crippen molar-refractivity contribution in [3.05, 3.63) is 0 Å². The van der Waals surface area contributed by atoms with Gasteiger partial charge in [0.1, 0.15) is 9.84 Å². The third-order valence-electron chi connectivity index (χ3n) is 2.42. The lowest BCUT2D eigenvalue weighted by Gasteiger charge is -2.12. The Hall–Kier alpha value is -1.09. The number of hydrogen-bond acceptors (Lipinski definition) is 6. The molecule has 1 aliphatic rings. The summed E-state index contributed by atoms with van der Waals surface area (Å²) in [4.78, 5) is 34.9. The first-order chi connectivity index (χ1) is 8.79. The molecule has 0 atom stereocenters. The second kappa shape index (κ2) is 6.90. The van der Waals surface area contributed by atoms with Crippen LogP contribution in [0, 0.1) is 0 Å². The van der Waals surface area contributed by atoms with E-state index in [0.717, 1.165) is 22.9 Å². The Morgan fingerprint density at radius 1 is 1.42 bits per heavy atom. The molecule has 1 fully saturated rings. The number of hydrogen-bond donors (Lipinski definition) is 1. The fourth-order valence-corrected chi connectivity index (χ4v) is 2.91. The molecular weight excluding hydrogens is 292 g/mol. The van der Waals surface area contributed by atoms with E-state index in [2.05, 4.69) is 5.32 Å². The number of carbonyl (C=O) groups excluding carboxylic acids is 3. The molecule has 1 aliphatic heterocycles. The highest BCUT2D eigenvalue weighted by atomic mass is 32.2. The van der Waals surface area contributed by atoms with Crippen LogP contribution >= 0.6 is 11.8 Å². The van der Waals surface area contributed by atoms with Gasteiger partial charge in [0.25, 0.3) is 5.24 Å². The lowest BCUT2D eigenvalue weighted by Crippen LogP contribution is -2.37. The number of thioether (sulfide) groups is 1. The van der Waals surface area contributed by atoms with E-state index < -0.39 is 9.84 Å². The van der Waals surface area contributed by atoms with Crippen molar-refractivity contribution in [2.75, 3.05) is 30.9 Å². The maximum atomic E-state index is 11.4. The molecular formula is C10H16N2O5S2. The van der Waals surface area contributed by atoms with E-state index >= 15 is 0 Å². The molecule has 108 valence electrons. The van der Waals surface area contributed by atoms with Crippen LogP contribution in [0.1, 0.15) is 12.8 Å². The summed E-state index contributed by atoms with van der Waals surface area (Å²) < 4.78 is 21.7. The Labute approximate surface area is 116 Å². The summed E-state index contributed by atoms with van der Waals surface area (Å²) in [6, 6.07) is 0. The molecule has 1 heterocycles. The van der Waals surface area contributed by atoms with Gasteiger partial charge >= 0.3 is 0 Å². The van der Waals surface area contributed by atoms with Gasteiger partial charge in [0.05, 0.1) is 11.5 Å². The first kappa shape index (κ1) is 16.0. The first-order valence-corrected chi connectivity index (χ1v) is 8.76. The predicted molar refractivity (Wildman–Crippen MR) is 71.5 cm³/mol. The number of amides is 3. The van der Waals surface area contributed by atoms with Gasteiger partial charge in [-0.15, -0.1) is 0 Å². The first-order valence-electron chi connectivity index (χ1n) is 5.71. The number of imide groups is 1. The van der Waals surface area contributed by atoms with Gasteiger partial charge in [-0.05, 0) is 6.42 Å². The minimum absolute atomic E-state index is 0.0276. The van der Waals surface area contributed by atoms with Crippen LogP contribution in [0.5, 0.6) is 0 Å². The van der Waals surface area contributed by atoms with E-state index in [4.69, 9.17) is 0 Å². The van der Waals surface area contributed by atoms with Crippen LogP contribution in [0.25, 0.3) is 0 Å². The van der Waals surface area contributed by atoms with Crippen molar-refractivity contribution < 1.29 is 22.8 Å². The fourth-order valence-electron chi connectivity index (χ4n) is 1.49. The van der Waals surface area contributed by atoms with Gasteiger partial charge in [-0.1, -0.05) is 11.8 Å². The average molecular weight is 308 g/mol. The third kappa shape index (κ3) is 6.06. The smallest absolute Gasteiger partial charge is 0.288 e. The van der Waals surface area contributed by atoms with E-state index in [1.165, 1.54) is 0 Å². The Balaban J connectivity index is 2.17. The normalized spacial score (nSPS) is 15.9. The number of nitrogens with one attached hydrogen (secondary N) is 1. The average Bonchev–Trinajstić information content (AvgIpc) is 2.58. The maximum absolute atomic E-state index is 11.4. The van der Waals surface area contributed by atoms with Crippen LogP contribution in [0.4, 0.5) is 4.79 Å². The van der Waals surface area contributed by atoms with Crippen molar-refractivity contribution in [1.29, 1.82) is 0 Å². The summed E-state index contributed by atoms with van der Waals surface area (Å²) in [6.45, 7) is 0.345. The van der Waals surface area contributed by atoms with E-state index in [1.54, 1.807) is 0 Å². The van der Waals surface area contributed by atoms with Crippen molar-refractivity contribution in [3.8, 4) is 0 Å². The van der Waals surface area contributed by atoms with E-state index in [0.29, 0.717) is 0 Å². The molecule has 3 amide bonds. The number of sulfone groups is 1. The molecule has 7 nitrogen and oxygen atoms in total. The van der Waals surface area contributed by atoms with Crippen LogP contribution in [0.15, 0.2) is 0 Å². The Bertz CT molecular complexity index is 458. The second-order valence-corrected chi connectivity index (χ2v) is 7.37. The molecule has 0 aromatic rings. The van der Waals surface area contributed by atoms with Gasteiger partial charge in [0, 0.05) is 25.8 Å². The van der Waals surface area contributed by atoms with Crippen LogP contribution in [0.3, 0.4) is 0 Å². The largest absolute Gasteiger partial charge is 0.354 e. The molecule has 0 bridgehead atoms. The zero-order valence-electron chi connectivity index (χ0n) is 10.5. The Kier molecular flexibility index (Phi) is 5.80. The van der Waals surface area contributed by atoms with Crippen LogP contribution in [-0.4, -0.2) is 61.2 Å². The van der Waals surface area contributed by atoms with Crippen molar-refractivity contribution in [2.24, 2.45) is 0 Å². The van der Waals surface area contributed by atoms with E-state index in [-0.39, 0.29) is 54.5 Å². The molecule has 9 heteroatoms. The summed E-state index contributed by atoms with van der Waals surface area (Å²) >= 11 is 0.947. The van der Waals surface area contributed by atoms with Gasteiger partial charge in [-0.2, -0.15) is 0 Å². The molecule has 0 radical (unpaired) electrons. The van der Waals surface area contributed by atoms with E-state index in [9.17, 15) is 22.8 Å². The Morgan fingerprint density at radius 2 is 2.11 bits per heavy atom. The van der Waals surface area contributed by atoms with Gasteiger partial charge in [0.15, 0.2) is 0 Å². The third-order valence-corrected chi connectivity index (χ3v) is 4.31. The number of carbonyl (C=O) groups is 3. The topological polar surface area (TPSA) is 101 Å². The predicted octanol–water partition coefficient (Wildman–Crippen LogP) is -0.377. The van der Waals surface area contributed by atoms with Crippen LogP contribution in [-0.2, 0) is 19.4 Å². The molecule has 0 unspecified atom stereocenters. The SMILES string of the molecule is CS(=O)(=O)CCCC(=O)NCCN1C(=O)CSC1=O. The highest BCUT2D eigenvalue weighted by Crippen LogP contribution is 2.17. The molecule has 0 aliphatic carbocycles. The summed E-state index contributed by atoms with van der Waals surface area (Å²) in [7, 11) is -3.05. The van der Waals surface area contributed by atoms with Gasteiger partial charge < -0.3 is 5.32 Å². The van der Waals surface area contributed by atoms with Crippen LogP contribution in [0.2, 0.25) is 0 Å². The highest BCUT2D eigenvalue weighted by Gasteiger charge is 2.29. The summed E-state index contributed by atoms with van der Waals surface area (Å²) in [6.07, 6.45) is 1.50. The lowest BCUT2D eigenvalue weighted by molar-refractivity contribution is -0.125. The fraction of sp³-hybridized carbons (Fsp3) is 0.700. The number of nitrogens with zero attached hydrogens (tertiary/aromatic N) is 1. The molecule has 0 aromatic carbocycles. The van der Waals surface area contributed by atoms with Crippen molar-refractivity contribution in [1.82, 2.24) is 10.2 Å². The molecule has 0 spiro atoms. The quantitative estimate of drug-likeness (QED) is 0.688. The maximum Gasteiger partial charge on any atom is 0.288 e. The summed E-state index contributed by atoms with van der Waals surface area (Å²) in [5.41, 5.74) is 0. The molecule has 1 N–H and O–H groups in total. The van der Waals surface area contributed by atoms with Crippen molar-refractivity contribution in [2.45, 2.75) is 12.8 Å². The van der Waals surface area contributed by atoms with Gasteiger partial charge in [0.2, 0.25) is 11.8 Å². The highest BCUT2D eigenvalue weighted by molar-refractivity contribution is 8.14.